The molecule has 3 fully saturated rings. The zero-order valence-electron chi connectivity index (χ0n) is 15.7. The summed E-state index contributed by atoms with van der Waals surface area (Å²) >= 11 is 0. The van der Waals surface area contributed by atoms with Crippen molar-refractivity contribution in [3.63, 3.8) is 0 Å². The summed E-state index contributed by atoms with van der Waals surface area (Å²) in [6, 6.07) is 0. The first-order valence-corrected chi connectivity index (χ1v) is 8.74. The van der Waals surface area contributed by atoms with E-state index >= 15 is 0 Å². The predicted molar refractivity (Wildman–Crippen MR) is 88.2 cm³/mol. The van der Waals surface area contributed by atoms with Crippen LogP contribution in [0, 0.1) is 0 Å². The van der Waals surface area contributed by atoms with Crippen LogP contribution in [0.3, 0.4) is 0 Å². The fourth-order valence-electron chi connectivity index (χ4n) is 3.73. The van der Waals surface area contributed by atoms with Gasteiger partial charge in [-0.1, -0.05) is 0 Å². The maximum absolute atomic E-state index is 12.1. The maximum Gasteiger partial charge on any atom is 0.522 e. The zero-order chi connectivity index (χ0) is 20.1. The molecule has 4 rings (SSSR count). The van der Waals surface area contributed by atoms with Gasteiger partial charge in [0.15, 0.2) is 5.75 Å². The lowest BCUT2D eigenvalue weighted by Gasteiger charge is -2.69. The number of carbonyl (C=O) groups is 1. The SMILES string of the molecule is C[C@H](COC(F)(F)F)Oc1cnn(C23CC(NC(=O)OC(C)(C)C)(C2)C3)c1. The van der Waals surface area contributed by atoms with Crippen LogP contribution in [-0.2, 0) is 15.0 Å². The van der Waals surface area contributed by atoms with E-state index < -0.39 is 30.8 Å². The quantitative estimate of drug-likeness (QED) is 0.805. The Morgan fingerprint density at radius 3 is 2.52 bits per heavy atom. The van der Waals surface area contributed by atoms with E-state index in [1.807, 2.05) is 20.8 Å². The predicted octanol–water partition coefficient (Wildman–Crippen LogP) is 3.34. The van der Waals surface area contributed by atoms with Crippen molar-refractivity contribution in [2.75, 3.05) is 6.61 Å². The van der Waals surface area contributed by atoms with Crippen molar-refractivity contribution in [3.8, 4) is 5.75 Å². The van der Waals surface area contributed by atoms with Gasteiger partial charge in [0.05, 0.1) is 30.1 Å². The molecule has 1 aromatic rings. The molecule has 1 heterocycles. The Balaban J connectivity index is 1.48. The second-order valence-corrected chi connectivity index (χ2v) is 8.47. The average Bonchev–Trinajstić information content (AvgIpc) is 2.84. The number of ether oxygens (including phenoxy) is 3. The van der Waals surface area contributed by atoms with Gasteiger partial charge in [-0.25, -0.2) is 4.79 Å². The molecule has 3 saturated carbocycles. The molecule has 0 radical (unpaired) electrons. The number of amides is 1. The fraction of sp³-hybridized carbons (Fsp3) is 0.765. The summed E-state index contributed by atoms with van der Waals surface area (Å²) in [5.41, 5.74) is -0.989. The number of hydrogen-bond acceptors (Lipinski definition) is 5. The third-order valence-corrected chi connectivity index (χ3v) is 4.63. The van der Waals surface area contributed by atoms with Crippen molar-refractivity contribution in [2.45, 2.75) is 76.1 Å². The molecule has 1 atom stereocenters. The van der Waals surface area contributed by atoms with E-state index in [4.69, 9.17) is 9.47 Å². The molecule has 152 valence electrons. The van der Waals surface area contributed by atoms with E-state index in [0.29, 0.717) is 5.75 Å². The van der Waals surface area contributed by atoms with Crippen LogP contribution >= 0.6 is 0 Å². The van der Waals surface area contributed by atoms with Crippen LogP contribution in [0.1, 0.15) is 47.0 Å². The van der Waals surface area contributed by atoms with Gasteiger partial charge in [0.2, 0.25) is 0 Å². The van der Waals surface area contributed by atoms with Crippen LogP contribution in [0.4, 0.5) is 18.0 Å². The highest BCUT2D eigenvalue weighted by Crippen LogP contribution is 2.65. The monoisotopic (exact) mass is 391 g/mol. The molecule has 0 aliphatic heterocycles. The Morgan fingerprint density at radius 1 is 1.33 bits per heavy atom. The number of alkyl carbamates (subject to hydrolysis) is 1. The summed E-state index contributed by atoms with van der Waals surface area (Å²) in [6.45, 7) is 6.32. The van der Waals surface area contributed by atoms with E-state index in [0.717, 1.165) is 19.3 Å². The summed E-state index contributed by atoms with van der Waals surface area (Å²) in [5, 5.41) is 7.19. The minimum atomic E-state index is -4.68. The Morgan fingerprint density at radius 2 is 1.96 bits per heavy atom. The molecule has 0 spiro atoms. The second kappa shape index (κ2) is 6.29. The zero-order valence-corrected chi connectivity index (χ0v) is 15.7. The number of nitrogens with one attached hydrogen (secondary N) is 1. The first kappa shape index (κ1) is 19.8. The lowest BCUT2D eigenvalue weighted by molar-refractivity contribution is -0.329. The van der Waals surface area contributed by atoms with E-state index in [-0.39, 0.29) is 11.1 Å². The minimum absolute atomic E-state index is 0.178. The maximum atomic E-state index is 12.1. The van der Waals surface area contributed by atoms with Gasteiger partial charge in [-0.3, -0.25) is 9.42 Å². The largest absolute Gasteiger partial charge is 0.522 e. The standard InChI is InChI=1S/C17H24F3N3O4/c1-11(7-25-17(18,19)20)26-12-5-21-23(6-12)16-8-15(9-16,10-16)22-13(24)27-14(2,3)4/h5-6,11H,7-10H2,1-4H3,(H,22,24)/t11-,15?,16?/m1/s1. The first-order chi connectivity index (χ1) is 12.3. The summed E-state index contributed by atoms with van der Waals surface area (Å²) in [4.78, 5) is 11.9. The van der Waals surface area contributed by atoms with Crippen molar-refractivity contribution < 1.29 is 32.2 Å². The van der Waals surface area contributed by atoms with Gasteiger partial charge in [-0.15, -0.1) is 13.2 Å². The number of aromatic nitrogens is 2. The molecule has 1 N–H and O–H groups in total. The van der Waals surface area contributed by atoms with Crippen LogP contribution in [-0.4, -0.2) is 46.1 Å². The normalized spacial score (nSPS) is 28.0. The number of hydrogen-bond donors (Lipinski definition) is 1. The van der Waals surface area contributed by atoms with Crippen LogP contribution in [0.5, 0.6) is 5.75 Å². The van der Waals surface area contributed by atoms with Crippen molar-refractivity contribution in [1.29, 1.82) is 0 Å². The topological polar surface area (TPSA) is 74.6 Å². The number of carbonyl (C=O) groups excluding carboxylic acids is 1. The Labute approximate surface area is 155 Å². The van der Waals surface area contributed by atoms with E-state index in [9.17, 15) is 18.0 Å². The van der Waals surface area contributed by atoms with Crippen LogP contribution in [0.25, 0.3) is 0 Å². The Bertz CT molecular complexity index is 691. The number of alkyl halides is 3. The molecule has 10 heteroatoms. The molecule has 2 bridgehead atoms. The molecule has 1 amide bonds. The summed E-state index contributed by atoms with van der Waals surface area (Å²) in [5.74, 6) is 0.382. The molecule has 1 aromatic heterocycles. The molecular weight excluding hydrogens is 367 g/mol. The van der Waals surface area contributed by atoms with Crippen molar-refractivity contribution in [3.05, 3.63) is 12.4 Å². The summed E-state index contributed by atoms with van der Waals surface area (Å²) in [6.07, 6.45) is -0.550. The van der Waals surface area contributed by atoms with E-state index in [1.165, 1.54) is 13.1 Å². The molecule has 0 aromatic carbocycles. The van der Waals surface area contributed by atoms with Crippen molar-refractivity contribution in [2.24, 2.45) is 0 Å². The van der Waals surface area contributed by atoms with Gasteiger partial charge in [-0.2, -0.15) is 5.10 Å². The third kappa shape index (κ3) is 4.48. The molecular formula is C17H24F3N3O4. The van der Waals surface area contributed by atoms with Crippen molar-refractivity contribution >= 4 is 6.09 Å². The first-order valence-electron chi connectivity index (χ1n) is 8.74. The smallest absolute Gasteiger partial charge is 0.485 e. The lowest BCUT2D eigenvalue weighted by atomic mass is 9.44. The lowest BCUT2D eigenvalue weighted by Crippen LogP contribution is -2.79. The Kier molecular flexibility index (Phi) is 4.61. The second-order valence-electron chi connectivity index (χ2n) is 8.47. The minimum Gasteiger partial charge on any atom is -0.485 e. The van der Waals surface area contributed by atoms with Gasteiger partial charge in [0.25, 0.3) is 0 Å². The van der Waals surface area contributed by atoms with E-state index in [2.05, 4.69) is 15.2 Å². The van der Waals surface area contributed by atoms with Gasteiger partial charge < -0.3 is 14.8 Å². The summed E-state index contributed by atoms with van der Waals surface area (Å²) in [7, 11) is 0. The highest BCUT2D eigenvalue weighted by atomic mass is 19.4. The van der Waals surface area contributed by atoms with Gasteiger partial charge >= 0.3 is 12.5 Å². The fourth-order valence-corrected chi connectivity index (χ4v) is 3.73. The highest BCUT2D eigenvalue weighted by molar-refractivity contribution is 5.70. The van der Waals surface area contributed by atoms with E-state index in [1.54, 1.807) is 10.9 Å². The van der Waals surface area contributed by atoms with Crippen LogP contribution in [0.15, 0.2) is 12.4 Å². The molecule has 0 saturated heterocycles. The molecule has 7 nitrogen and oxygen atoms in total. The third-order valence-electron chi connectivity index (χ3n) is 4.63. The molecule has 0 unspecified atom stereocenters. The summed E-state index contributed by atoms with van der Waals surface area (Å²) < 4.78 is 52.4. The molecule has 27 heavy (non-hydrogen) atoms. The van der Waals surface area contributed by atoms with Crippen LogP contribution < -0.4 is 10.1 Å². The molecule has 3 aliphatic carbocycles. The number of rotatable bonds is 6. The van der Waals surface area contributed by atoms with Gasteiger partial charge in [0.1, 0.15) is 11.7 Å². The van der Waals surface area contributed by atoms with Crippen molar-refractivity contribution in [1.82, 2.24) is 15.1 Å². The van der Waals surface area contributed by atoms with Crippen LogP contribution in [0.2, 0.25) is 0 Å². The molecule has 3 aliphatic rings. The number of halogens is 3. The van der Waals surface area contributed by atoms with Gasteiger partial charge in [-0.05, 0) is 47.0 Å². The number of nitrogens with zero attached hydrogens (tertiary/aromatic N) is 2. The highest BCUT2D eigenvalue weighted by Gasteiger charge is 2.70. The average molecular weight is 391 g/mol. The Hall–Kier alpha value is -1.97. The van der Waals surface area contributed by atoms with Gasteiger partial charge in [0, 0.05) is 0 Å².